The predicted molar refractivity (Wildman–Crippen MR) is 133 cm³/mol. The minimum absolute atomic E-state index is 0.00465. The number of rotatable bonds is 6. The molecule has 8 heteroatoms. The van der Waals surface area contributed by atoms with E-state index < -0.39 is 0 Å². The lowest BCUT2D eigenvalue weighted by Crippen LogP contribution is -2.44. The van der Waals surface area contributed by atoms with Crippen molar-refractivity contribution in [2.45, 2.75) is 38.9 Å². The van der Waals surface area contributed by atoms with Gasteiger partial charge in [-0.2, -0.15) is 0 Å². The van der Waals surface area contributed by atoms with E-state index in [4.69, 9.17) is 16.6 Å². The third-order valence-electron chi connectivity index (χ3n) is 6.21. The van der Waals surface area contributed by atoms with Gasteiger partial charge in [-0.25, -0.2) is 9.97 Å². The maximum atomic E-state index is 12.5. The van der Waals surface area contributed by atoms with Crippen LogP contribution in [0.1, 0.15) is 39.6 Å². The van der Waals surface area contributed by atoms with Crippen molar-refractivity contribution in [3.63, 3.8) is 0 Å². The summed E-state index contributed by atoms with van der Waals surface area (Å²) in [5.74, 6) is 1.04. The Morgan fingerprint density at radius 2 is 1.94 bits per heavy atom. The first kappa shape index (κ1) is 22.1. The van der Waals surface area contributed by atoms with Crippen LogP contribution in [0.2, 0.25) is 5.02 Å². The molecule has 1 saturated heterocycles. The fourth-order valence-corrected chi connectivity index (χ4v) is 5.29. The van der Waals surface area contributed by atoms with Crippen molar-refractivity contribution in [3.05, 3.63) is 81.0 Å². The molecule has 33 heavy (non-hydrogen) atoms. The van der Waals surface area contributed by atoms with Crippen LogP contribution in [-0.2, 0) is 13.1 Å². The molecule has 170 valence electrons. The summed E-state index contributed by atoms with van der Waals surface area (Å²) in [7, 11) is 0. The van der Waals surface area contributed by atoms with E-state index in [0.29, 0.717) is 9.90 Å². The molecule has 1 fully saturated rings. The van der Waals surface area contributed by atoms with Crippen molar-refractivity contribution in [3.8, 4) is 0 Å². The summed E-state index contributed by atoms with van der Waals surface area (Å²) in [6.07, 6.45) is 1.85. The number of benzene rings is 2. The molecule has 0 unspecified atom stereocenters. The molecule has 0 atom stereocenters. The number of hydrogen-bond acceptors (Lipinski definition) is 5. The number of piperidine rings is 1. The van der Waals surface area contributed by atoms with Crippen LogP contribution in [0.15, 0.2) is 54.0 Å². The van der Waals surface area contributed by atoms with Crippen LogP contribution in [0, 0.1) is 6.92 Å². The van der Waals surface area contributed by atoms with Crippen molar-refractivity contribution in [1.29, 1.82) is 0 Å². The Kier molecular flexibility index (Phi) is 6.44. The maximum Gasteiger partial charge on any atom is 0.263 e. The summed E-state index contributed by atoms with van der Waals surface area (Å²) in [6.45, 7) is 5.26. The number of likely N-dealkylation sites (tertiary alicyclic amines) is 1. The Balaban J connectivity index is 1.28. The van der Waals surface area contributed by atoms with Crippen LogP contribution in [0.25, 0.3) is 11.0 Å². The Hall–Kier alpha value is -2.74. The number of nitrogens with zero attached hydrogens (tertiary/aromatic N) is 4. The molecule has 4 aromatic rings. The smallest absolute Gasteiger partial charge is 0.263 e. The molecule has 2 aromatic carbocycles. The van der Waals surface area contributed by atoms with Crippen LogP contribution < -0.4 is 5.32 Å². The summed E-state index contributed by atoms with van der Waals surface area (Å²) in [5.41, 5.74) is 5.79. The summed E-state index contributed by atoms with van der Waals surface area (Å²) < 4.78 is 2.29. The van der Waals surface area contributed by atoms with E-state index in [9.17, 15) is 4.79 Å². The molecule has 5 rings (SSSR count). The highest BCUT2D eigenvalue weighted by atomic mass is 35.5. The molecule has 0 aliphatic carbocycles. The van der Waals surface area contributed by atoms with Crippen molar-refractivity contribution >= 4 is 39.9 Å². The zero-order chi connectivity index (χ0) is 22.8. The normalized spacial score (nSPS) is 15.2. The fourth-order valence-electron chi connectivity index (χ4n) is 4.42. The number of aryl methyl sites for hydroxylation is 1. The highest BCUT2D eigenvalue weighted by Crippen LogP contribution is 2.24. The molecule has 1 aliphatic heterocycles. The summed E-state index contributed by atoms with van der Waals surface area (Å²) >= 11 is 7.64. The second-order valence-corrected chi connectivity index (χ2v) is 9.81. The first-order valence-corrected chi connectivity index (χ1v) is 12.4. The lowest BCUT2D eigenvalue weighted by Gasteiger charge is -2.32. The highest BCUT2D eigenvalue weighted by molar-refractivity contribution is 7.11. The molecule has 2 aromatic heterocycles. The van der Waals surface area contributed by atoms with Gasteiger partial charge in [-0.3, -0.25) is 9.69 Å². The van der Waals surface area contributed by atoms with E-state index in [2.05, 4.69) is 50.1 Å². The molecule has 0 bridgehead atoms. The number of fused-ring (bicyclic) bond motifs is 1. The SMILES string of the molecule is Cc1ncsc1C(=O)NC1CCN(Cc2nc3cc(Cl)ccc3n2Cc2ccccc2)CC1. The van der Waals surface area contributed by atoms with Crippen molar-refractivity contribution < 1.29 is 4.79 Å². The summed E-state index contributed by atoms with van der Waals surface area (Å²) in [5, 5.41) is 3.89. The Labute approximate surface area is 202 Å². The topological polar surface area (TPSA) is 63.1 Å². The largest absolute Gasteiger partial charge is 0.348 e. The van der Waals surface area contributed by atoms with E-state index in [1.165, 1.54) is 16.9 Å². The number of aromatic nitrogens is 3. The lowest BCUT2D eigenvalue weighted by atomic mass is 10.0. The average molecular weight is 480 g/mol. The van der Waals surface area contributed by atoms with Gasteiger partial charge in [-0.15, -0.1) is 11.3 Å². The number of hydrogen-bond donors (Lipinski definition) is 1. The first-order valence-electron chi connectivity index (χ1n) is 11.2. The number of imidazole rings is 1. The van der Waals surface area contributed by atoms with Crippen molar-refractivity contribution in [2.75, 3.05) is 13.1 Å². The van der Waals surface area contributed by atoms with Gasteiger partial charge in [0.05, 0.1) is 28.8 Å². The van der Waals surface area contributed by atoms with E-state index in [0.717, 1.165) is 61.6 Å². The van der Waals surface area contributed by atoms with Gasteiger partial charge in [0, 0.05) is 30.7 Å². The fraction of sp³-hybridized carbons (Fsp3) is 0.320. The molecule has 1 N–H and O–H groups in total. The zero-order valence-electron chi connectivity index (χ0n) is 18.5. The van der Waals surface area contributed by atoms with Gasteiger partial charge in [0.1, 0.15) is 10.7 Å². The molecule has 0 radical (unpaired) electrons. The lowest BCUT2D eigenvalue weighted by molar-refractivity contribution is 0.0911. The molecule has 1 aliphatic rings. The zero-order valence-corrected chi connectivity index (χ0v) is 20.1. The van der Waals surface area contributed by atoms with Crippen LogP contribution in [0.3, 0.4) is 0 Å². The minimum atomic E-state index is -0.00465. The quantitative estimate of drug-likeness (QED) is 0.427. The third kappa shape index (κ3) is 4.95. The summed E-state index contributed by atoms with van der Waals surface area (Å²) in [6, 6.07) is 16.6. The third-order valence-corrected chi connectivity index (χ3v) is 7.37. The van der Waals surface area contributed by atoms with Crippen LogP contribution in [0.4, 0.5) is 0 Å². The molecular weight excluding hydrogens is 454 g/mol. The van der Waals surface area contributed by atoms with Gasteiger partial charge in [-0.05, 0) is 43.5 Å². The van der Waals surface area contributed by atoms with Crippen molar-refractivity contribution in [2.24, 2.45) is 0 Å². The molecule has 6 nitrogen and oxygen atoms in total. The van der Waals surface area contributed by atoms with Crippen LogP contribution in [-0.4, -0.2) is 44.5 Å². The molecule has 1 amide bonds. The van der Waals surface area contributed by atoms with E-state index in [1.807, 2.05) is 25.1 Å². The first-order chi connectivity index (χ1) is 16.1. The van der Waals surface area contributed by atoms with Crippen LogP contribution >= 0.6 is 22.9 Å². The van der Waals surface area contributed by atoms with Gasteiger partial charge < -0.3 is 9.88 Å². The van der Waals surface area contributed by atoms with Gasteiger partial charge >= 0.3 is 0 Å². The minimum Gasteiger partial charge on any atom is -0.348 e. The Bertz CT molecular complexity index is 1260. The van der Waals surface area contributed by atoms with E-state index >= 15 is 0 Å². The number of carbonyl (C=O) groups excluding carboxylic acids is 1. The van der Waals surface area contributed by atoms with E-state index in [-0.39, 0.29) is 11.9 Å². The number of carbonyl (C=O) groups is 1. The highest BCUT2D eigenvalue weighted by Gasteiger charge is 2.24. The average Bonchev–Trinajstić information content (AvgIpc) is 3.39. The van der Waals surface area contributed by atoms with Gasteiger partial charge in [0.25, 0.3) is 5.91 Å². The predicted octanol–water partition coefficient (Wildman–Crippen LogP) is 4.90. The van der Waals surface area contributed by atoms with Gasteiger partial charge in [-0.1, -0.05) is 41.9 Å². The van der Waals surface area contributed by atoms with Crippen LogP contribution in [0.5, 0.6) is 0 Å². The summed E-state index contributed by atoms with van der Waals surface area (Å²) in [4.78, 5) is 24.8. The van der Waals surface area contributed by atoms with E-state index in [1.54, 1.807) is 5.51 Å². The Morgan fingerprint density at radius 3 is 2.67 bits per heavy atom. The molecule has 3 heterocycles. The maximum absolute atomic E-state index is 12.5. The van der Waals surface area contributed by atoms with Crippen molar-refractivity contribution in [1.82, 2.24) is 24.8 Å². The second kappa shape index (κ2) is 9.63. The number of nitrogens with one attached hydrogen (secondary N) is 1. The standard InChI is InChI=1S/C25H26ClN5OS/c1-17-24(33-16-27-17)25(32)28-20-9-11-30(12-10-20)15-23-29-21-13-19(26)7-8-22(21)31(23)14-18-5-3-2-4-6-18/h2-8,13,16,20H,9-12,14-15H2,1H3,(H,28,32). The monoisotopic (exact) mass is 479 g/mol. The second-order valence-electron chi connectivity index (χ2n) is 8.52. The number of amides is 1. The number of halogens is 1. The number of thiazole rings is 1. The molecular formula is C25H26ClN5OS. The molecule has 0 saturated carbocycles. The van der Waals surface area contributed by atoms with Gasteiger partial charge in [0.15, 0.2) is 0 Å². The molecule has 0 spiro atoms. The van der Waals surface area contributed by atoms with Gasteiger partial charge in [0.2, 0.25) is 0 Å². The Morgan fingerprint density at radius 1 is 1.15 bits per heavy atom.